The number of anilines is 1. The van der Waals surface area contributed by atoms with E-state index in [1.165, 1.54) is 0 Å². The predicted octanol–water partition coefficient (Wildman–Crippen LogP) is 3.13. The highest BCUT2D eigenvalue weighted by Crippen LogP contribution is 2.30. The number of aliphatic carboxylic acids is 1. The van der Waals surface area contributed by atoms with Gasteiger partial charge in [0, 0.05) is 37.1 Å². The van der Waals surface area contributed by atoms with E-state index < -0.39 is 5.97 Å². The van der Waals surface area contributed by atoms with Crippen LogP contribution in [0.15, 0.2) is 18.2 Å². The average Bonchev–Trinajstić information content (AvgIpc) is 2.51. The number of carbonyl (C=O) groups excluding carboxylic acids is 1. The van der Waals surface area contributed by atoms with Gasteiger partial charge in [-0.05, 0) is 37.5 Å². The van der Waals surface area contributed by atoms with Gasteiger partial charge >= 0.3 is 12.0 Å². The molecule has 2 rings (SSSR count). The maximum Gasteiger partial charge on any atom is 0.315 e. The molecule has 132 valence electrons. The van der Waals surface area contributed by atoms with E-state index in [0.29, 0.717) is 29.6 Å². The molecule has 1 unspecified atom stereocenters. The average molecular weight is 374 g/mol. The van der Waals surface area contributed by atoms with Gasteiger partial charge < -0.3 is 20.6 Å². The van der Waals surface area contributed by atoms with Gasteiger partial charge in [-0.3, -0.25) is 4.79 Å². The highest BCUT2D eigenvalue weighted by Gasteiger charge is 2.22. The van der Waals surface area contributed by atoms with Gasteiger partial charge in [-0.25, -0.2) is 4.79 Å². The summed E-state index contributed by atoms with van der Waals surface area (Å²) >= 11 is 12.2. The highest BCUT2D eigenvalue weighted by atomic mass is 35.5. The number of hydrogen-bond donors (Lipinski definition) is 3. The first-order valence-corrected chi connectivity index (χ1v) is 8.67. The zero-order valence-electron chi connectivity index (χ0n) is 13.2. The minimum atomic E-state index is -0.861. The monoisotopic (exact) mass is 373 g/mol. The fourth-order valence-corrected chi connectivity index (χ4v) is 3.26. The first-order valence-electron chi connectivity index (χ1n) is 7.92. The maximum absolute atomic E-state index is 11.9. The van der Waals surface area contributed by atoms with Crippen LogP contribution >= 0.6 is 23.2 Å². The minimum Gasteiger partial charge on any atom is -0.481 e. The van der Waals surface area contributed by atoms with Crippen molar-refractivity contribution in [2.75, 3.05) is 24.5 Å². The fourth-order valence-electron chi connectivity index (χ4n) is 2.73. The Kier molecular flexibility index (Phi) is 6.99. The van der Waals surface area contributed by atoms with E-state index in [0.717, 1.165) is 25.1 Å². The van der Waals surface area contributed by atoms with Crippen molar-refractivity contribution in [1.82, 2.24) is 10.6 Å². The summed E-state index contributed by atoms with van der Waals surface area (Å²) in [5.41, 5.74) is 0.912. The highest BCUT2D eigenvalue weighted by molar-refractivity contribution is 6.36. The third-order valence-corrected chi connectivity index (χ3v) is 4.40. The van der Waals surface area contributed by atoms with Crippen molar-refractivity contribution in [2.24, 2.45) is 0 Å². The molecule has 3 N–H and O–H groups in total. The van der Waals surface area contributed by atoms with Crippen molar-refractivity contribution < 1.29 is 14.7 Å². The molecular weight excluding hydrogens is 353 g/mol. The Morgan fingerprint density at radius 2 is 2.12 bits per heavy atom. The smallest absolute Gasteiger partial charge is 0.315 e. The van der Waals surface area contributed by atoms with Gasteiger partial charge in [-0.2, -0.15) is 0 Å². The summed E-state index contributed by atoms with van der Waals surface area (Å²) in [7, 11) is 0. The number of halogens is 2. The molecule has 0 aromatic heterocycles. The molecular formula is C16H21Cl2N3O3. The number of carbonyl (C=O) groups is 2. The van der Waals surface area contributed by atoms with Crippen molar-refractivity contribution in [3.05, 3.63) is 28.2 Å². The number of carboxylic acids is 1. The SMILES string of the molecule is O=C(O)CCCNC(=O)NC1CCCN(c2ccc(Cl)cc2Cl)C1. The number of urea groups is 1. The Labute approximate surface area is 151 Å². The van der Waals surface area contributed by atoms with Crippen LogP contribution in [-0.2, 0) is 4.79 Å². The minimum absolute atomic E-state index is 0.0185. The molecule has 1 heterocycles. The van der Waals surface area contributed by atoms with Gasteiger partial charge in [-0.15, -0.1) is 0 Å². The number of piperidine rings is 1. The number of amides is 2. The number of carboxylic acid groups (broad SMARTS) is 1. The van der Waals surface area contributed by atoms with Gasteiger partial charge in [-0.1, -0.05) is 23.2 Å². The summed E-state index contributed by atoms with van der Waals surface area (Å²) in [6.45, 7) is 1.89. The van der Waals surface area contributed by atoms with E-state index in [1.54, 1.807) is 12.1 Å². The Bertz CT molecular complexity index is 598. The van der Waals surface area contributed by atoms with Gasteiger partial charge in [0.15, 0.2) is 0 Å². The van der Waals surface area contributed by atoms with Gasteiger partial charge in [0.25, 0.3) is 0 Å². The predicted molar refractivity (Wildman–Crippen MR) is 95.1 cm³/mol. The zero-order chi connectivity index (χ0) is 17.5. The van der Waals surface area contributed by atoms with Crippen LogP contribution in [0.25, 0.3) is 0 Å². The second-order valence-electron chi connectivity index (χ2n) is 5.78. The van der Waals surface area contributed by atoms with Gasteiger partial charge in [0.1, 0.15) is 0 Å². The molecule has 0 saturated carbocycles. The molecule has 1 aromatic carbocycles. The summed E-state index contributed by atoms with van der Waals surface area (Å²) in [5.74, 6) is -0.861. The first-order chi connectivity index (χ1) is 11.5. The van der Waals surface area contributed by atoms with E-state index in [4.69, 9.17) is 28.3 Å². The Morgan fingerprint density at radius 3 is 2.83 bits per heavy atom. The molecule has 24 heavy (non-hydrogen) atoms. The molecule has 1 aliphatic heterocycles. The Balaban J connectivity index is 1.82. The lowest BCUT2D eigenvalue weighted by molar-refractivity contribution is -0.137. The summed E-state index contributed by atoms with van der Waals surface area (Å²) in [5, 5.41) is 15.4. The van der Waals surface area contributed by atoms with Crippen molar-refractivity contribution in [2.45, 2.75) is 31.7 Å². The second kappa shape index (κ2) is 8.99. The van der Waals surface area contributed by atoms with Gasteiger partial charge in [0.2, 0.25) is 0 Å². The number of nitrogens with zero attached hydrogens (tertiary/aromatic N) is 1. The van der Waals surface area contributed by atoms with Crippen LogP contribution in [0.5, 0.6) is 0 Å². The summed E-state index contributed by atoms with van der Waals surface area (Å²) in [6.07, 6.45) is 2.31. The van der Waals surface area contributed by atoms with Crippen molar-refractivity contribution in [3.63, 3.8) is 0 Å². The lowest BCUT2D eigenvalue weighted by Gasteiger charge is -2.35. The molecule has 1 aliphatic rings. The fraction of sp³-hybridized carbons (Fsp3) is 0.500. The van der Waals surface area contributed by atoms with Crippen LogP contribution in [-0.4, -0.2) is 42.8 Å². The summed E-state index contributed by atoms with van der Waals surface area (Å²) in [4.78, 5) is 24.4. The molecule has 1 atom stereocenters. The van der Waals surface area contributed by atoms with E-state index >= 15 is 0 Å². The zero-order valence-corrected chi connectivity index (χ0v) is 14.7. The lowest BCUT2D eigenvalue weighted by atomic mass is 10.0. The second-order valence-corrected chi connectivity index (χ2v) is 6.62. The topological polar surface area (TPSA) is 81.7 Å². The van der Waals surface area contributed by atoms with Crippen molar-refractivity contribution >= 4 is 40.9 Å². The van der Waals surface area contributed by atoms with Crippen molar-refractivity contribution in [1.29, 1.82) is 0 Å². The molecule has 6 nitrogen and oxygen atoms in total. The van der Waals surface area contributed by atoms with E-state index in [2.05, 4.69) is 15.5 Å². The van der Waals surface area contributed by atoms with E-state index in [1.807, 2.05) is 6.07 Å². The number of benzene rings is 1. The van der Waals surface area contributed by atoms with E-state index in [-0.39, 0.29) is 18.5 Å². The molecule has 2 amide bonds. The summed E-state index contributed by atoms with van der Waals surface area (Å²) in [6, 6.07) is 5.15. The largest absolute Gasteiger partial charge is 0.481 e. The number of rotatable bonds is 6. The van der Waals surface area contributed by atoms with Crippen LogP contribution < -0.4 is 15.5 Å². The van der Waals surface area contributed by atoms with Crippen LogP contribution in [0.3, 0.4) is 0 Å². The Hall–Kier alpha value is -1.66. The lowest BCUT2D eigenvalue weighted by Crippen LogP contribution is -2.50. The molecule has 0 bridgehead atoms. The molecule has 0 spiro atoms. The molecule has 1 saturated heterocycles. The van der Waals surface area contributed by atoms with Crippen LogP contribution in [0.4, 0.5) is 10.5 Å². The quantitative estimate of drug-likeness (QED) is 0.669. The Morgan fingerprint density at radius 1 is 1.33 bits per heavy atom. The molecule has 0 radical (unpaired) electrons. The van der Waals surface area contributed by atoms with Crippen LogP contribution in [0, 0.1) is 0 Å². The maximum atomic E-state index is 11.9. The number of hydrogen-bond acceptors (Lipinski definition) is 3. The molecule has 8 heteroatoms. The molecule has 0 aliphatic carbocycles. The first kappa shape index (κ1) is 18.7. The molecule has 1 fully saturated rings. The van der Waals surface area contributed by atoms with Crippen LogP contribution in [0.2, 0.25) is 10.0 Å². The third-order valence-electron chi connectivity index (χ3n) is 3.86. The van der Waals surface area contributed by atoms with Crippen molar-refractivity contribution in [3.8, 4) is 0 Å². The molecule has 1 aromatic rings. The van der Waals surface area contributed by atoms with E-state index in [9.17, 15) is 9.59 Å². The number of nitrogens with one attached hydrogen (secondary N) is 2. The van der Waals surface area contributed by atoms with Gasteiger partial charge in [0.05, 0.1) is 10.7 Å². The standard InChI is InChI=1S/C16H21Cl2N3O3/c17-11-5-6-14(13(18)9-11)21-8-2-3-12(10-21)20-16(24)19-7-1-4-15(22)23/h5-6,9,12H,1-4,7-8,10H2,(H,22,23)(H2,19,20,24). The third kappa shape index (κ3) is 5.76. The summed E-state index contributed by atoms with van der Waals surface area (Å²) < 4.78 is 0. The normalized spacial score (nSPS) is 17.4. The van der Waals surface area contributed by atoms with Crippen LogP contribution in [0.1, 0.15) is 25.7 Å².